The van der Waals surface area contributed by atoms with E-state index in [1.807, 2.05) is 30.3 Å². The van der Waals surface area contributed by atoms with Gasteiger partial charge in [-0.1, -0.05) is 42.5 Å². The molecule has 0 radical (unpaired) electrons. The van der Waals surface area contributed by atoms with E-state index in [4.69, 9.17) is 9.05 Å². The van der Waals surface area contributed by atoms with E-state index in [9.17, 15) is 9.67 Å². The van der Waals surface area contributed by atoms with Crippen LogP contribution in [0.4, 0.5) is 0 Å². The molecule has 3 aromatic carbocycles. The predicted octanol–water partition coefficient (Wildman–Crippen LogP) is 5.17. The predicted molar refractivity (Wildman–Crippen MR) is 88.8 cm³/mol. The van der Waals surface area contributed by atoms with Crippen molar-refractivity contribution >= 4 is 8.25 Å². The zero-order chi connectivity index (χ0) is 16.1. The number of phenols is 1. The van der Waals surface area contributed by atoms with Crippen LogP contribution in [0.1, 0.15) is 0 Å². The Morgan fingerprint density at radius 1 is 0.652 bits per heavy atom. The van der Waals surface area contributed by atoms with Crippen molar-refractivity contribution in [1.82, 2.24) is 0 Å². The average molecular weight is 325 g/mol. The topological polar surface area (TPSA) is 55.8 Å². The third kappa shape index (κ3) is 4.09. The molecule has 0 aromatic heterocycles. The Kier molecular flexibility index (Phi) is 4.55. The molecule has 0 spiro atoms. The first-order valence-corrected chi connectivity index (χ1v) is 8.08. The molecule has 0 saturated heterocycles. The van der Waals surface area contributed by atoms with Gasteiger partial charge >= 0.3 is 8.25 Å². The molecule has 0 aliphatic heterocycles. The van der Waals surface area contributed by atoms with E-state index in [0.29, 0.717) is 11.5 Å². The molecule has 0 saturated carbocycles. The molecule has 0 amide bonds. The van der Waals surface area contributed by atoms with Gasteiger partial charge in [0.05, 0.1) is 0 Å². The van der Waals surface area contributed by atoms with E-state index in [1.54, 1.807) is 48.5 Å². The maximum absolute atomic E-state index is 11.9. The monoisotopic (exact) mass is 325 g/mol. The minimum Gasteiger partial charge on any atom is -0.508 e. The van der Waals surface area contributed by atoms with Gasteiger partial charge in [-0.05, 0) is 47.5 Å². The Bertz CT molecular complexity index is 784. The molecule has 1 N–H and O–H groups in total. The molecule has 0 aliphatic rings. The maximum atomic E-state index is 11.9. The molecule has 1 atom stereocenters. The van der Waals surface area contributed by atoms with Gasteiger partial charge in [0.2, 0.25) is 0 Å². The summed E-state index contributed by atoms with van der Waals surface area (Å²) >= 11 is 0. The molecule has 0 bridgehead atoms. The van der Waals surface area contributed by atoms with Crippen LogP contribution >= 0.6 is 8.25 Å². The highest BCUT2D eigenvalue weighted by molar-refractivity contribution is 7.34. The number of phenolic OH excluding ortho intramolecular Hbond substituents is 1. The van der Waals surface area contributed by atoms with Crippen LogP contribution < -0.4 is 9.05 Å². The fourth-order valence-corrected chi connectivity index (χ4v) is 2.66. The van der Waals surface area contributed by atoms with Crippen LogP contribution in [0.25, 0.3) is 11.1 Å². The molecule has 5 heteroatoms. The Morgan fingerprint density at radius 2 is 1.13 bits per heavy atom. The van der Waals surface area contributed by atoms with Crippen LogP contribution in [0.15, 0.2) is 78.9 Å². The number of benzene rings is 3. The van der Waals surface area contributed by atoms with E-state index >= 15 is 0 Å². The molecular formula is C18H14O4P+. The van der Waals surface area contributed by atoms with Crippen molar-refractivity contribution in [2.45, 2.75) is 0 Å². The summed E-state index contributed by atoms with van der Waals surface area (Å²) in [7, 11) is -2.28. The van der Waals surface area contributed by atoms with Crippen molar-refractivity contribution in [3.8, 4) is 28.4 Å². The highest BCUT2D eigenvalue weighted by atomic mass is 31.1. The number of aromatic hydroxyl groups is 1. The summed E-state index contributed by atoms with van der Waals surface area (Å²) < 4.78 is 22.3. The Morgan fingerprint density at radius 3 is 1.70 bits per heavy atom. The fraction of sp³-hybridized carbons (Fsp3) is 0. The summed E-state index contributed by atoms with van der Waals surface area (Å²) in [5, 5.41) is 9.30. The van der Waals surface area contributed by atoms with Gasteiger partial charge in [0.1, 0.15) is 5.75 Å². The number of para-hydroxylation sites is 1. The van der Waals surface area contributed by atoms with Crippen LogP contribution in [0.3, 0.4) is 0 Å². The standard InChI is InChI=1S/C18H13O4P/c19-16-10-6-14(7-11-16)15-8-12-18(13-9-15)22-23(20)21-17-4-2-1-3-5-17/h1-13H/p+1. The van der Waals surface area contributed by atoms with Gasteiger partial charge in [-0.3, -0.25) is 0 Å². The minimum atomic E-state index is -2.28. The van der Waals surface area contributed by atoms with E-state index in [-0.39, 0.29) is 5.75 Å². The van der Waals surface area contributed by atoms with Crippen LogP contribution in [0.5, 0.6) is 17.2 Å². The lowest BCUT2D eigenvalue weighted by Gasteiger charge is -2.02. The molecule has 3 rings (SSSR count). The first-order valence-electron chi connectivity index (χ1n) is 6.98. The Hall–Kier alpha value is -2.84. The smallest absolute Gasteiger partial charge is 0.508 e. The first-order chi connectivity index (χ1) is 11.2. The third-order valence-electron chi connectivity index (χ3n) is 3.16. The fourth-order valence-electron chi connectivity index (χ4n) is 2.03. The van der Waals surface area contributed by atoms with Crippen LogP contribution in [-0.4, -0.2) is 5.11 Å². The Balaban J connectivity index is 1.65. The van der Waals surface area contributed by atoms with Crippen LogP contribution in [0, 0.1) is 0 Å². The summed E-state index contributed by atoms with van der Waals surface area (Å²) in [5.74, 6) is 1.18. The molecule has 0 heterocycles. The van der Waals surface area contributed by atoms with Gasteiger partial charge in [0.25, 0.3) is 0 Å². The van der Waals surface area contributed by atoms with E-state index < -0.39 is 8.25 Å². The van der Waals surface area contributed by atoms with Gasteiger partial charge in [-0.2, -0.15) is 0 Å². The van der Waals surface area contributed by atoms with Crippen LogP contribution in [0.2, 0.25) is 0 Å². The van der Waals surface area contributed by atoms with Gasteiger partial charge in [0.15, 0.2) is 11.5 Å². The second kappa shape index (κ2) is 6.95. The van der Waals surface area contributed by atoms with E-state index in [2.05, 4.69) is 0 Å². The second-order valence-electron chi connectivity index (χ2n) is 4.79. The summed E-state index contributed by atoms with van der Waals surface area (Å²) in [6.45, 7) is 0. The lowest BCUT2D eigenvalue weighted by Crippen LogP contribution is -1.88. The summed E-state index contributed by atoms with van der Waals surface area (Å²) in [4.78, 5) is 0. The van der Waals surface area contributed by atoms with Gasteiger partial charge in [-0.25, -0.2) is 9.05 Å². The molecule has 0 fully saturated rings. The molecule has 1 unspecified atom stereocenters. The summed E-state index contributed by atoms with van der Waals surface area (Å²) in [5.41, 5.74) is 1.94. The quantitative estimate of drug-likeness (QED) is 0.657. The molecular weight excluding hydrogens is 311 g/mol. The average Bonchev–Trinajstić information content (AvgIpc) is 2.57. The number of hydrogen-bond donors (Lipinski definition) is 1. The van der Waals surface area contributed by atoms with Crippen LogP contribution in [-0.2, 0) is 4.57 Å². The van der Waals surface area contributed by atoms with Crippen molar-refractivity contribution in [3.05, 3.63) is 78.9 Å². The molecule has 0 aliphatic carbocycles. The van der Waals surface area contributed by atoms with Gasteiger partial charge in [-0.15, -0.1) is 0 Å². The normalized spacial score (nSPS) is 10.9. The zero-order valence-corrected chi connectivity index (χ0v) is 13.0. The molecule has 4 nitrogen and oxygen atoms in total. The SMILES string of the molecule is O=[P+](Oc1ccccc1)Oc1ccc(-c2ccc(O)cc2)cc1. The lowest BCUT2D eigenvalue weighted by atomic mass is 10.1. The van der Waals surface area contributed by atoms with Gasteiger partial charge < -0.3 is 5.11 Å². The highest BCUT2D eigenvalue weighted by Crippen LogP contribution is 2.31. The number of rotatable bonds is 5. The third-order valence-corrected chi connectivity index (χ3v) is 3.88. The molecule has 114 valence electrons. The highest BCUT2D eigenvalue weighted by Gasteiger charge is 2.23. The van der Waals surface area contributed by atoms with E-state index in [0.717, 1.165) is 11.1 Å². The first kappa shape index (κ1) is 15.1. The van der Waals surface area contributed by atoms with Gasteiger partial charge in [0, 0.05) is 4.57 Å². The van der Waals surface area contributed by atoms with Crippen molar-refractivity contribution in [2.24, 2.45) is 0 Å². The summed E-state index contributed by atoms with van der Waals surface area (Å²) in [6, 6.07) is 22.9. The minimum absolute atomic E-state index is 0.226. The molecule has 23 heavy (non-hydrogen) atoms. The van der Waals surface area contributed by atoms with Crippen molar-refractivity contribution < 1.29 is 18.7 Å². The zero-order valence-electron chi connectivity index (χ0n) is 12.1. The lowest BCUT2D eigenvalue weighted by molar-refractivity contribution is 0.415. The number of hydrogen-bond acceptors (Lipinski definition) is 4. The largest absolute Gasteiger partial charge is 0.805 e. The Labute approximate surface area is 134 Å². The molecule has 3 aromatic rings. The van der Waals surface area contributed by atoms with Crippen molar-refractivity contribution in [2.75, 3.05) is 0 Å². The van der Waals surface area contributed by atoms with Crippen molar-refractivity contribution in [3.63, 3.8) is 0 Å². The second-order valence-corrected chi connectivity index (χ2v) is 5.60. The van der Waals surface area contributed by atoms with E-state index in [1.165, 1.54) is 0 Å². The van der Waals surface area contributed by atoms with Crippen molar-refractivity contribution in [1.29, 1.82) is 0 Å². The summed E-state index contributed by atoms with van der Waals surface area (Å²) in [6.07, 6.45) is 0. The maximum Gasteiger partial charge on any atom is 0.805 e.